The zero-order chi connectivity index (χ0) is 17.7. The summed E-state index contributed by atoms with van der Waals surface area (Å²) in [5.74, 6) is 0.789. The highest BCUT2D eigenvalue weighted by atomic mass is 79.9. The number of amides is 1. The summed E-state index contributed by atoms with van der Waals surface area (Å²) in [5, 5.41) is 2.79. The van der Waals surface area contributed by atoms with E-state index in [1.54, 1.807) is 12.3 Å². The van der Waals surface area contributed by atoms with E-state index in [1.807, 2.05) is 19.9 Å². The lowest BCUT2D eigenvalue weighted by atomic mass is 9.97. The number of sulfonamides is 1. The Hall–Kier alpha value is -0.990. The van der Waals surface area contributed by atoms with Gasteiger partial charge in [0, 0.05) is 29.7 Å². The molecule has 0 unspecified atom stereocenters. The first-order chi connectivity index (χ1) is 11.3. The predicted molar refractivity (Wildman–Crippen MR) is 98.1 cm³/mol. The van der Waals surface area contributed by atoms with E-state index >= 15 is 0 Å². The van der Waals surface area contributed by atoms with Gasteiger partial charge in [-0.2, -0.15) is 0 Å². The van der Waals surface area contributed by atoms with E-state index in [2.05, 4.69) is 26.2 Å². The monoisotopic (exact) mass is 417 g/mol. The highest BCUT2D eigenvalue weighted by Crippen LogP contribution is 2.22. The van der Waals surface area contributed by atoms with Crippen molar-refractivity contribution in [3.8, 4) is 0 Å². The Morgan fingerprint density at radius 2 is 2.04 bits per heavy atom. The third kappa shape index (κ3) is 5.53. The number of pyridine rings is 1. The average Bonchev–Trinajstić information content (AvgIpc) is 2.55. The zero-order valence-corrected chi connectivity index (χ0v) is 16.4. The first-order valence-corrected chi connectivity index (χ1v) is 10.6. The van der Waals surface area contributed by atoms with Crippen molar-refractivity contribution >= 4 is 37.7 Å². The van der Waals surface area contributed by atoms with Gasteiger partial charge in [-0.25, -0.2) is 17.7 Å². The molecule has 6 nitrogen and oxygen atoms in total. The van der Waals surface area contributed by atoms with Crippen molar-refractivity contribution in [1.82, 2.24) is 9.29 Å². The van der Waals surface area contributed by atoms with Crippen molar-refractivity contribution in [2.24, 2.45) is 11.8 Å². The van der Waals surface area contributed by atoms with E-state index in [9.17, 15) is 13.2 Å². The van der Waals surface area contributed by atoms with Crippen molar-refractivity contribution in [3.63, 3.8) is 0 Å². The Kier molecular flexibility index (Phi) is 6.77. The summed E-state index contributed by atoms with van der Waals surface area (Å²) in [4.78, 5) is 16.4. The standard InChI is InChI=1S/C16H24BrN3O3S/c1-12(2)7-10-24(22,23)20-8-5-13(6-9-20)16(21)19-15-4-3-14(17)11-18-15/h3-4,11-13H,5-10H2,1-2H3,(H,18,19,21). The maximum Gasteiger partial charge on any atom is 0.228 e. The molecule has 0 atom stereocenters. The van der Waals surface area contributed by atoms with Gasteiger partial charge in [0.05, 0.1) is 5.75 Å². The second-order valence-electron chi connectivity index (χ2n) is 6.52. The molecule has 2 heterocycles. The third-order valence-corrected chi connectivity index (χ3v) is 6.52. The lowest BCUT2D eigenvalue weighted by Gasteiger charge is -2.30. The van der Waals surface area contributed by atoms with Gasteiger partial charge in [0.15, 0.2) is 0 Å². The molecular weight excluding hydrogens is 394 g/mol. The number of rotatable bonds is 6. The number of carbonyl (C=O) groups excluding carboxylic acids is 1. The van der Waals surface area contributed by atoms with E-state index in [-0.39, 0.29) is 17.6 Å². The molecular formula is C16H24BrN3O3S. The number of hydrogen-bond acceptors (Lipinski definition) is 4. The van der Waals surface area contributed by atoms with Crippen LogP contribution in [0.5, 0.6) is 0 Å². The van der Waals surface area contributed by atoms with Gasteiger partial charge in [-0.1, -0.05) is 13.8 Å². The largest absolute Gasteiger partial charge is 0.310 e. The first kappa shape index (κ1) is 19.3. The van der Waals surface area contributed by atoms with Crippen LogP contribution in [0.2, 0.25) is 0 Å². The zero-order valence-electron chi connectivity index (χ0n) is 14.0. The fourth-order valence-corrected chi connectivity index (χ4v) is 4.62. The van der Waals surface area contributed by atoms with Gasteiger partial charge in [-0.05, 0) is 53.2 Å². The van der Waals surface area contributed by atoms with Crippen molar-refractivity contribution < 1.29 is 13.2 Å². The summed E-state index contributed by atoms with van der Waals surface area (Å²) < 4.78 is 27.0. The van der Waals surface area contributed by atoms with Crippen LogP contribution >= 0.6 is 15.9 Å². The smallest absolute Gasteiger partial charge is 0.228 e. The fraction of sp³-hybridized carbons (Fsp3) is 0.625. The normalized spacial score (nSPS) is 17.2. The number of halogens is 1. The minimum Gasteiger partial charge on any atom is -0.310 e. The van der Waals surface area contributed by atoms with Crippen LogP contribution in [0.25, 0.3) is 0 Å². The lowest BCUT2D eigenvalue weighted by Crippen LogP contribution is -2.42. The van der Waals surface area contributed by atoms with Crippen molar-refractivity contribution in [2.75, 3.05) is 24.2 Å². The summed E-state index contributed by atoms with van der Waals surface area (Å²) in [6, 6.07) is 3.54. The third-order valence-electron chi connectivity index (χ3n) is 4.15. The van der Waals surface area contributed by atoms with Crippen LogP contribution in [0, 0.1) is 11.8 Å². The second-order valence-corrected chi connectivity index (χ2v) is 9.53. The van der Waals surface area contributed by atoms with Crippen molar-refractivity contribution in [2.45, 2.75) is 33.1 Å². The summed E-state index contributed by atoms with van der Waals surface area (Å²) in [5.41, 5.74) is 0. The molecule has 8 heteroatoms. The van der Waals surface area contributed by atoms with Gasteiger partial charge in [0.25, 0.3) is 0 Å². The molecule has 0 aliphatic carbocycles. The van der Waals surface area contributed by atoms with Gasteiger partial charge < -0.3 is 5.32 Å². The number of carbonyl (C=O) groups is 1. The Morgan fingerprint density at radius 1 is 1.38 bits per heavy atom. The van der Waals surface area contributed by atoms with Crippen LogP contribution in [0.4, 0.5) is 5.82 Å². The maximum atomic E-state index is 12.3. The number of anilines is 1. The molecule has 134 valence electrons. The van der Waals surface area contributed by atoms with E-state index in [1.165, 1.54) is 4.31 Å². The molecule has 0 bridgehead atoms. The number of piperidine rings is 1. The fourth-order valence-electron chi connectivity index (χ4n) is 2.59. The van der Waals surface area contributed by atoms with Crippen LogP contribution in [0.15, 0.2) is 22.8 Å². The number of nitrogens with one attached hydrogen (secondary N) is 1. The summed E-state index contributed by atoms with van der Waals surface area (Å²) in [6.07, 6.45) is 3.38. The van der Waals surface area contributed by atoms with Crippen molar-refractivity contribution in [3.05, 3.63) is 22.8 Å². The number of nitrogens with zero attached hydrogens (tertiary/aromatic N) is 2. The first-order valence-electron chi connectivity index (χ1n) is 8.18. The highest BCUT2D eigenvalue weighted by Gasteiger charge is 2.31. The molecule has 1 aliphatic rings. The Morgan fingerprint density at radius 3 is 2.58 bits per heavy atom. The van der Waals surface area contributed by atoms with Crippen LogP contribution in [-0.4, -0.2) is 42.5 Å². The van der Waals surface area contributed by atoms with Crippen LogP contribution < -0.4 is 5.32 Å². The molecule has 1 saturated heterocycles. The van der Waals surface area contributed by atoms with E-state index in [0.717, 1.165) is 4.47 Å². The molecule has 24 heavy (non-hydrogen) atoms. The van der Waals surface area contributed by atoms with Gasteiger partial charge in [-0.3, -0.25) is 4.79 Å². The quantitative estimate of drug-likeness (QED) is 0.771. The predicted octanol–water partition coefficient (Wildman–Crippen LogP) is 2.87. The Bertz CT molecular complexity index is 654. The van der Waals surface area contributed by atoms with Gasteiger partial charge in [0.2, 0.25) is 15.9 Å². The molecule has 1 aromatic rings. The number of aromatic nitrogens is 1. The van der Waals surface area contributed by atoms with Crippen LogP contribution in [-0.2, 0) is 14.8 Å². The van der Waals surface area contributed by atoms with Gasteiger partial charge >= 0.3 is 0 Å². The van der Waals surface area contributed by atoms with Crippen LogP contribution in [0.1, 0.15) is 33.1 Å². The lowest BCUT2D eigenvalue weighted by molar-refractivity contribution is -0.120. The molecule has 1 N–H and O–H groups in total. The van der Waals surface area contributed by atoms with E-state index in [0.29, 0.717) is 44.1 Å². The summed E-state index contributed by atoms with van der Waals surface area (Å²) >= 11 is 3.30. The maximum absolute atomic E-state index is 12.3. The molecule has 1 amide bonds. The van der Waals surface area contributed by atoms with Gasteiger partial charge in [-0.15, -0.1) is 0 Å². The topological polar surface area (TPSA) is 79.4 Å². The molecule has 0 spiro atoms. The highest BCUT2D eigenvalue weighted by molar-refractivity contribution is 9.10. The molecule has 0 aromatic carbocycles. The van der Waals surface area contributed by atoms with E-state index < -0.39 is 10.0 Å². The Labute approximate surface area is 152 Å². The van der Waals surface area contributed by atoms with Crippen LogP contribution in [0.3, 0.4) is 0 Å². The summed E-state index contributed by atoms with van der Waals surface area (Å²) in [6.45, 7) is 4.85. The minimum absolute atomic E-state index is 0.0935. The molecule has 1 fully saturated rings. The van der Waals surface area contributed by atoms with Gasteiger partial charge in [0.1, 0.15) is 5.82 Å². The van der Waals surface area contributed by atoms with Crippen molar-refractivity contribution in [1.29, 1.82) is 0 Å². The molecule has 1 aromatic heterocycles. The Balaban J connectivity index is 1.85. The molecule has 0 radical (unpaired) electrons. The SMILES string of the molecule is CC(C)CCS(=O)(=O)N1CCC(C(=O)Nc2ccc(Br)cn2)CC1. The average molecular weight is 418 g/mol. The molecule has 1 aliphatic heterocycles. The minimum atomic E-state index is -3.21. The van der Waals surface area contributed by atoms with E-state index in [4.69, 9.17) is 0 Å². The number of hydrogen-bond donors (Lipinski definition) is 1. The molecule has 2 rings (SSSR count). The summed E-state index contributed by atoms with van der Waals surface area (Å²) in [7, 11) is -3.21. The second kappa shape index (κ2) is 8.40. The molecule has 0 saturated carbocycles.